The first kappa shape index (κ1) is 22.6. The van der Waals surface area contributed by atoms with Gasteiger partial charge in [-0.2, -0.15) is 13.8 Å². The van der Waals surface area contributed by atoms with E-state index in [9.17, 15) is 4.39 Å². The highest BCUT2D eigenvalue weighted by Gasteiger charge is 2.48. The van der Waals surface area contributed by atoms with Crippen LogP contribution in [-0.4, -0.2) is 35.9 Å². The zero-order valence-corrected chi connectivity index (χ0v) is 19.2. The SMILES string of the molecule is CC(C)(C)COc1cc2c(c(F)n1)Oc1ccc(-c3cccnc3F)cc1C21CNCC(N)O1. The fourth-order valence-electron chi connectivity index (χ4n) is 4.25. The minimum Gasteiger partial charge on any atom is -0.477 e. The standard InChI is InChI=1S/C25H26F2N4O3/c1-24(2,3)13-32-20-10-17-21(23(27)31-20)33-18-7-6-14(15-5-4-8-30-22(15)26)9-16(18)25(17)12-29-11-19(28)34-25/h4-10,19,29H,11-13,28H2,1-3H3. The Labute approximate surface area is 196 Å². The van der Waals surface area contributed by atoms with Crippen LogP contribution in [0.1, 0.15) is 31.9 Å². The van der Waals surface area contributed by atoms with Gasteiger partial charge in [0, 0.05) is 42.0 Å². The number of fused-ring (bicyclic) bond motifs is 4. The Balaban J connectivity index is 1.67. The molecule has 1 aromatic carbocycles. The molecule has 2 aliphatic heterocycles. The maximum absolute atomic E-state index is 15.2. The summed E-state index contributed by atoms with van der Waals surface area (Å²) in [5.41, 5.74) is 6.75. The minimum absolute atomic E-state index is 0.0492. The molecule has 3 aromatic rings. The molecule has 9 heteroatoms. The quantitative estimate of drug-likeness (QED) is 0.559. The highest BCUT2D eigenvalue weighted by atomic mass is 19.1. The molecule has 1 spiro atoms. The lowest BCUT2D eigenvalue weighted by atomic mass is 9.81. The van der Waals surface area contributed by atoms with E-state index in [4.69, 9.17) is 19.9 Å². The third-order valence-corrected chi connectivity index (χ3v) is 5.77. The summed E-state index contributed by atoms with van der Waals surface area (Å²) in [4.78, 5) is 7.70. The number of ether oxygens (including phenoxy) is 3. The van der Waals surface area contributed by atoms with E-state index in [1.807, 2.05) is 20.8 Å². The van der Waals surface area contributed by atoms with Crippen molar-refractivity contribution < 1.29 is 23.0 Å². The predicted octanol–water partition coefficient (Wildman–Crippen LogP) is 4.10. The van der Waals surface area contributed by atoms with E-state index in [0.29, 0.717) is 47.7 Å². The first-order valence-electron chi connectivity index (χ1n) is 11.1. The molecule has 0 amide bonds. The molecule has 2 unspecified atom stereocenters. The molecule has 0 saturated carbocycles. The summed E-state index contributed by atoms with van der Waals surface area (Å²) >= 11 is 0. The van der Waals surface area contributed by atoms with Crippen LogP contribution in [0.2, 0.25) is 0 Å². The van der Waals surface area contributed by atoms with Crippen molar-refractivity contribution in [2.24, 2.45) is 11.1 Å². The van der Waals surface area contributed by atoms with Crippen molar-refractivity contribution in [1.82, 2.24) is 15.3 Å². The Hall–Kier alpha value is -3.14. The summed E-state index contributed by atoms with van der Waals surface area (Å²) in [6, 6.07) is 10.1. The fraction of sp³-hybridized carbons (Fsp3) is 0.360. The molecule has 7 nitrogen and oxygen atoms in total. The van der Waals surface area contributed by atoms with Gasteiger partial charge < -0.3 is 25.3 Å². The highest BCUT2D eigenvalue weighted by Crippen LogP contribution is 2.52. The van der Waals surface area contributed by atoms with Crippen LogP contribution in [0.25, 0.3) is 11.1 Å². The average Bonchev–Trinajstić information content (AvgIpc) is 2.78. The van der Waals surface area contributed by atoms with E-state index < -0.39 is 23.7 Å². The van der Waals surface area contributed by atoms with Crippen LogP contribution in [0.3, 0.4) is 0 Å². The highest BCUT2D eigenvalue weighted by molar-refractivity contribution is 5.69. The van der Waals surface area contributed by atoms with Crippen LogP contribution in [0.4, 0.5) is 8.78 Å². The van der Waals surface area contributed by atoms with Crippen molar-refractivity contribution in [3.63, 3.8) is 0 Å². The van der Waals surface area contributed by atoms with E-state index in [-0.39, 0.29) is 17.0 Å². The van der Waals surface area contributed by atoms with Crippen molar-refractivity contribution in [3.05, 3.63) is 65.6 Å². The lowest BCUT2D eigenvalue weighted by Crippen LogP contribution is -2.56. The number of halogens is 2. The van der Waals surface area contributed by atoms with E-state index >= 15 is 4.39 Å². The molecule has 0 aliphatic carbocycles. The molecular weight excluding hydrogens is 442 g/mol. The van der Waals surface area contributed by atoms with Gasteiger partial charge in [0.1, 0.15) is 17.6 Å². The van der Waals surface area contributed by atoms with Crippen molar-refractivity contribution >= 4 is 0 Å². The maximum Gasteiger partial charge on any atom is 0.259 e. The Morgan fingerprint density at radius 3 is 2.74 bits per heavy atom. The summed E-state index contributed by atoms with van der Waals surface area (Å²) in [6.45, 7) is 7.08. The number of aromatic nitrogens is 2. The van der Waals surface area contributed by atoms with Crippen LogP contribution in [-0.2, 0) is 10.3 Å². The molecule has 2 atom stereocenters. The van der Waals surface area contributed by atoms with Crippen molar-refractivity contribution in [2.75, 3.05) is 19.7 Å². The fourth-order valence-corrected chi connectivity index (χ4v) is 4.25. The topological polar surface area (TPSA) is 91.5 Å². The molecule has 0 bridgehead atoms. The third-order valence-electron chi connectivity index (χ3n) is 5.77. The monoisotopic (exact) mass is 468 g/mol. The largest absolute Gasteiger partial charge is 0.477 e. The number of nitrogens with zero attached hydrogens (tertiary/aromatic N) is 2. The second-order valence-electron chi connectivity index (χ2n) is 9.75. The van der Waals surface area contributed by atoms with Gasteiger partial charge in [-0.1, -0.05) is 26.8 Å². The first-order valence-corrected chi connectivity index (χ1v) is 11.1. The second-order valence-corrected chi connectivity index (χ2v) is 9.75. The van der Waals surface area contributed by atoms with E-state index in [1.165, 1.54) is 6.20 Å². The summed E-state index contributed by atoms with van der Waals surface area (Å²) < 4.78 is 47.7. The van der Waals surface area contributed by atoms with E-state index in [1.54, 1.807) is 36.4 Å². The third kappa shape index (κ3) is 4.00. The van der Waals surface area contributed by atoms with Gasteiger partial charge in [0.2, 0.25) is 11.8 Å². The molecule has 34 heavy (non-hydrogen) atoms. The van der Waals surface area contributed by atoms with E-state index in [2.05, 4.69) is 15.3 Å². The number of pyridine rings is 2. The minimum atomic E-state index is -1.20. The van der Waals surface area contributed by atoms with Gasteiger partial charge in [-0.3, -0.25) is 0 Å². The molecule has 2 aliphatic rings. The molecule has 3 N–H and O–H groups in total. The van der Waals surface area contributed by atoms with Crippen LogP contribution in [0, 0.1) is 17.3 Å². The van der Waals surface area contributed by atoms with Crippen molar-refractivity contribution in [3.8, 4) is 28.5 Å². The molecule has 1 fully saturated rings. The lowest BCUT2D eigenvalue weighted by molar-refractivity contribution is -0.0975. The Kier molecular flexibility index (Phi) is 5.50. The molecule has 4 heterocycles. The van der Waals surface area contributed by atoms with Gasteiger partial charge in [0.05, 0.1) is 6.61 Å². The van der Waals surface area contributed by atoms with Gasteiger partial charge >= 0.3 is 0 Å². The Morgan fingerprint density at radius 1 is 1.18 bits per heavy atom. The molecule has 5 rings (SSSR count). The zero-order valence-electron chi connectivity index (χ0n) is 19.2. The molecule has 1 saturated heterocycles. The second kappa shape index (κ2) is 8.26. The summed E-state index contributed by atoms with van der Waals surface area (Å²) in [7, 11) is 0. The van der Waals surface area contributed by atoms with Crippen molar-refractivity contribution in [2.45, 2.75) is 32.6 Å². The van der Waals surface area contributed by atoms with Crippen LogP contribution in [0.15, 0.2) is 42.6 Å². The van der Waals surface area contributed by atoms with Crippen LogP contribution in [0.5, 0.6) is 17.4 Å². The average molecular weight is 469 g/mol. The van der Waals surface area contributed by atoms with Gasteiger partial charge in [-0.25, -0.2) is 4.98 Å². The summed E-state index contributed by atoms with van der Waals surface area (Å²) in [5, 5.41) is 3.27. The Morgan fingerprint density at radius 2 is 2.00 bits per heavy atom. The summed E-state index contributed by atoms with van der Waals surface area (Å²) in [5.74, 6) is -0.959. The van der Waals surface area contributed by atoms with Gasteiger partial charge in [-0.15, -0.1) is 0 Å². The van der Waals surface area contributed by atoms with Crippen LogP contribution < -0.4 is 20.5 Å². The zero-order chi connectivity index (χ0) is 24.1. The van der Waals surface area contributed by atoms with Crippen molar-refractivity contribution in [1.29, 1.82) is 0 Å². The van der Waals surface area contributed by atoms with Gasteiger partial charge in [0.25, 0.3) is 5.95 Å². The molecule has 0 radical (unpaired) electrons. The van der Waals surface area contributed by atoms with E-state index in [0.717, 1.165) is 0 Å². The summed E-state index contributed by atoms with van der Waals surface area (Å²) in [6.07, 6.45) is 0.724. The smallest absolute Gasteiger partial charge is 0.259 e. The number of morpholine rings is 1. The Bertz CT molecular complexity index is 1250. The number of benzene rings is 1. The lowest BCUT2D eigenvalue weighted by Gasteiger charge is -2.44. The van der Waals surface area contributed by atoms with Crippen LogP contribution >= 0.6 is 0 Å². The normalized spacial score (nSPS) is 21.5. The molecule has 2 aromatic heterocycles. The first-order chi connectivity index (χ1) is 16.2. The molecule has 178 valence electrons. The number of rotatable bonds is 3. The number of nitrogens with one attached hydrogen (secondary N) is 1. The number of hydrogen-bond donors (Lipinski definition) is 2. The maximum atomic E-state index is 15.2. The number of nitrogens with two attached hydrogens (primary N) is 1. The molecular formula is C25H26F2N4O3. The van der Waals surface area contributed by atoms with Gasteiger partial charge in [-0.05, 0) is 35.2 Å². The van der Waals surface area contributed by atoms with Gasteiger partial charge in [0.15, 0.2) is 5.75 Å². The predicted molar refractivity (Wildman–Crippen MR) is 122 cm³/mol. The number of hydrogen-bond acceptors (Lipinski definition) is 7.